The van der Waals surface area contributed by atoms with Crippen molar-refractivity contribution in [3.63, 3.8) is 0 Å². The van der Waals surface area contributed by atoms with Crippen molar-refractivity contribution in [2.45, 2.75) is 6.92 Å². The maximum Gasteiger partial charge on any atom is 0.229 e. The molecule has 5 heteroatoms. The highest BCUT2D eigenvalue weighted by molar-refractivity contribution is 7.92. The van der Waals surface area contributed by atoms with E-state index in [-0.39, 0.29) is 1.43 Å². The van der Waals surface area contributed by atoms with E-state index in [1.807, 2.05) is 13.0 Å². The quantitative estimate of drug-likeness (QED) is 0.837. The van der Waals surface area contributed by atoms with Crippen molar-refractivity contribution in [2.24, 2.45) is 0 Å². The van der Waals surface area contributed by atoms with Gasteiger partial charge in [0.25, 0.3) is 0 Å². The third kappa shape index (κ3) is 2.92. The van der Waals surface area contributed by atoms with Crippen LogP contribution in [-0.4, -0.2) is 21.8 Å². The Kier molecular flexibility index (Phi) is 3.00. The summed E-state index contributed by atoms with van der Waals surface area (Å²) in [6.07, 6.45) is 1.11. The van der Waals surface area contributed by atoms with Crippen LogP contribution in [0.1, 0.15) is 6.99 Å². The first-order chi connectivity index (χ1) is 6.42. The van der Waals surface area contributed by atoms with Crippen molar-refractivity contribution in [1.29, 1.82) is 0 Å². The minimum atomic E-state index is -3.26. The number of methoxy groups -OCH3 is 1. The van der Waals surface area contributed by atoms with E-state index < -0.39 is 10.0 Å². The van der Waals surface area contributed by atoms with E-state index in [4.69, 9.17) is 4.74 Å². The molecule has 14 heavy (non-hydrogen) atoms. The van der Waals surface area contributed by atoms with Crippen LogP contribution in [0.2, 0.25) is 0 Å². The molecule has 0 aliphatic heterocycles. The van der Waals surface area contributed by atoms with Crippen molar-refractivity contribution >= 4 is 15.7 Å². The minimum absolute atomic E-state index is 0. The Morgan fingerprint density at radius 2 is 2.07 bits per heavy atom. The van der Waals surface area contributed by atoms with Crippen molar-refractivity contribution in [3.8, 4) is 5.75 Å². The van der Waals surface area contributed by atoms with E-state index >= 15 is 0 Å². The highest BCUT2D eigenvalue weighted by Gasteiger charge is 2.07. The van der Waals surface area contributed by atoms with Crippen molar-refractivity contribution < 1.29 is 14.6 Å². The van der Waals surface area contributed by atoms with Crippen LogP contribution in [0.25, 0.3) is 0 Å². The summed E-state index contributed by atoms with van der Waals surface area (Å²) < 4.78 is 29.4. The van der Waals surface area contributed by atoms with E-state index in [2.05, 4.69) is 4.72 Å². The topological polar surface area (TPSA) is 55.4 Å². The average molecular weight is 217 g/mol. The molecular formula is C9H15NO3S. The lowest BCUT2D eigenvalue weighted by molar-refractivity contribution is 0.417. The summed E-state index contributed by atoms with van der Waals surface area (Å²) in [6, 6.07) is 5.30. The molecule has 1 aromatic rings. The molecule has 1 aromatic carbocycles. The second-order valence-electron chi connectivity index (χ2n) is 3.08. The van der Waals surface area contributed by atoms with Crippen LogP contribution < -0.4 is 9.46 Å². The van der Waals surface area contributed by atoms with Crippen LogP contribution in [0.4, 0.5) is 5.69 Å². The monoisotopic (exact) mass is 217 g/mol. The number of nitrogens with one attached hydrogen (secondary N) is 1. The van der Waals surface area contributed by atoms with Crippen LogP contribution >= 0.6 is 0 Å². The standard InChI is InChI=1S/C9H13NO3S.H2/c1-7-4-5-9(13-2)8(6-7)10-14(3,11)12;/h4-6,10H,1-3H3;1H. The van der Waals surface area contributed by atoms with Gasteiger partial charge in [-0.2, -0.15) is 0 Å². The van der Waals surface area contributed by atoms with Gasteiger partial charge in [-0.1, -0.05) is 6.07 Å². The Morgan fingerprint density at radius 3 is 2.57 bits per heavy atom. The van der Waals surface area contributed by atoms with Gasteiger partial charge in [-0.05, 0) is 24.6 Å². The fraction of sp³-hybridized carbons (Fsp3) is 0.333. The molecule has 0 aromatic heterocycles. The second kappa shape index (κ2) is 3.88. The number of anilines is 1. The molecule has 80 valence electrons. The fourth-order valence-electron chi connectivity index (χ4n) is 1.10. The number of hydrogen-bond acceptors (Lipinski definition) is 3. The summed E-state index contributed by atoms with van der Waals surface area (Å²) in [4.78, 5) is 0. The SMILES string of the molecule is COc1ccc(C)cc1NS(C)(=O)=O.[HH]. The van der Waals surface area contributed by atoms with Gasteiger partial charge in [0.1, 0.15) is 5.75 Å². The molecule has 0 aliphatic rings. The molecule has 1 rings (SSSR count). The molecule has 4 nitrogen and oxygen atoms in total. The lowest BCUT2D eigenvalue weighted by atomic mass is 10.2. The summed E-state index contributed by atoms with van der Waals surface area (Å²) in [5, 5.41) is 0. The number of rotatable bonds is 3. The van der Waals surface area contributed by atoms with Gasteiger partial charge in [0.2, 0.25) is 10.0 Å². The first-order valence-corrected chi connectivity index (χ1v) is 5.94. The number of benzene rings is 1. The predicted molar refractivity (Wildman–Crippen MR) is 58.3 cm³/mol. The van der Waals surface area contributed by atoms with Crippen LogP contribution in [0.5, 0.6) is 5.75 Å². The van der Waals surface area contributed by atoms with Crippen LogP contribution in [0.15, 0.2) is 18.2 Å². The van der Waals surface area contributed by atoms with E-state index in [1.54, 1.807) is 12.1 Å². The zero-order valence-electron chi connectivity index (χ0n) is 8.37. The Bertz CT molecular complexity index is 431. The van der Waals surface area contributed by atoms with Gasteiger partial charge in [0.05, 0.1) is 19.1 Å². The van der Waals surface area contributed by atoms with Crippen molar-refractivity contribution in [3.05, 3.63) is 23.8 Å². The predicted octanol–water partition coefficient (Wildman–Crippen LogP) is 1.62. The lowest BCUT2D eigenvalue weighted by Crippen LogP contribution is -2.10. The van der Waals surface area contributed by atoms with Crippen LogP contribution in [0.3, 0.4) is 0 Å². The average Bonchev–Trinajstić information content (AvgIpc) is 2.01. The summed E-state index contributed by atoms with van der Waals surface area (Å²) in [6.45, 7) is 1.88. The molecule has 0 heterocycles. The van der Waals surface area contributed by atoms with E-state index in [0.29, 0.717) is 11.4 Å². The number of ether oxygens (including phenoxy) is 1. The van der Waals surface area contributed by atoms with Gasteiger partial charge in [-0.25, -0.2) is 8.42 Å². The van der Waals surface area contributed by atoms with E-state index in [1.165, 1.54) is 7.11 Å². The summed E-state index contributed by atoms with van der Waals surface area (Å²) >= 11 is 0. The molecule has 0 saturated heterocycles. The van der Waals surface area contributed by atoms with Gasteiger partial charge in [-0.15, -0.1) is 0 Å². The minimum Gasteiger partial charge on any atom is -0.495 e. The van der Waals surface area contributed by atoms with Crippen LogP contribution in [-0.2, 0) is 10.0 Å². The first kappa shape index (κ1) is 10.8. The first-order valence-electron chi connectivity index (χ1n) is 4.05. The smallest absolute Gasteiger partial charge is 0.229 e. The van der Waals surface area contributed by atoms with Crippen LogP contribution in [0, 0.1) is 6.92 Å². The molecule has 1 N–H and O–H groups in total. The molecule has 0 unspecified atom stereocenters. The maximum atomic E-state index is 11.0. The molecule has 0 radical (unpaired) electrons. The number of sulfonamides is 1. The molecule has 0 atom stereocenters. The van der Waals surface area contributed by atoms with Gasteiger partial charge < -0.3 is 4.74 Å². The van der Waals surface area contributed by atoms with Gasteiger partial charge in [-0.3, -0.25) is 4.72 Å². The van der Waals surface area contributed by atoms with Gasteiger partial charge in [0, 0.05) is 1.43 Å². The maximum absolute atomic E-state index is 11.0. The number of hydrogen-bond donors (Lipinski definition) is 1. The number of aryl methyl sites for hydroxylation is 1. The molecule has 0 amide bonds. The fourth-order valence-corrected chi connectivity index (χ4v) is 1.66. The highest BCUT2D eigenvalue weighted by Crippen LogP contribution is 2.25. The molecule has 0 fully saturated rings. The van der Waals surface area contributed by atoms with Crippen molar-refractivity contribution in [2.75, 3.05) is 18.1 Å². The Morgan fingerprint density at radius 1 is 1.43 bits per heavy atom. The summed E-state index contributed by atoms with van der Waals surface area (Å²) in [5.41, 5.74) is 1.44. The van der Waals surface area contributed by atoms with Gasteiger partial charge in [0.15, 0.2) is 0 Å². The van der Waals surface area contributed by atoms with E-state index in [9.17, 15) is 8.42 Å². The summed E-state index contributed by atoms with van der Waals surface area (Å²) in [7, 11) is -1.76. The van der Waals surface area contributed by atoms with Gasteiger partial charge >= 0.3 is 0 Å². The Labute approximate surface area is 85.4 Å². The highest BCUT2D eigenvalue weighted by atomic mass is 32.2. The Hall–Kier alpha value is -1.23. The molecule has 0 spiro atoms. The molecule has 0 saturated carbocycles. The third-order valence-corrected chi connectivity index (χ3v) is 2.24. The lowest BCUT2D eigenvalue weighted by Gasteiger charge is -2.09. The molecule has 0 bridgehead atoms. The molecular weight excluding hydrogens is 202 g/mol. The normalized spacial score (nSPS) is 11.1. The summed E-state index contributed by atoms with van der Waals surface area (Å²) in [5.74, 6) is 0.515. The second-order valence-corrected chi connectivity index (χ2v) is 4.83. The van der Waals surface area contributed by atoms with Crippen molar-refractivity contribution in [1.82, 2.24) is 0 Å². The third-order valence-electron chi connectivity index (χ3n) is 1.65. The zero-order chi connectivity index (χ0) is 10.8. The largest absolute Gasteiger partial charge is 0.495 e. The molecule has 0 aliphatic carbocycles. The zero-order valence-corrected chi connectivity index (χ0v) is 9.18. The Balaban J connectivity index is 0.00000196. The van der Waals surface area contributed by atoms with E-state index in [0.717, 1.165) is 11.8 Å².